The fraction of sp³-hybridized carbons (Fsp3) is 0.280. The van der Waals surface area contributed by atoms with Crippen molar-refractivity contribution in [2.75, 3.05) is 5.32 Å². The van der Waals surface area contributed by atoms with Crippen molar-refractivity contribution in [3.8, 4) is 17.1 Å². The molecule has 176 valence electrons. The van der Waals surface area contributed by atoms with Crippen molar-refractivity contribution in [2.24, 2.45) is 5.92 Å². The molecule has 0 aliphatic rings. The zero-order chi connectivity index (χ0) is 24.2. The molecule has 1 N–H and O–H groups in total. The van der Waals surface area contributed by atoms with Gasteiger partial charge in [-0.25, -0.2) is 0 Å². The fourth-order valence-electron chi connectivity index (χ4n) is 3.41. The topological polar surface area (TPSA) is 94.3 Å². The molecular formula is C25H24ClN3O4S. The number of ether oxygens (including phenoxy) is 1. The molecule has 9 heteroatoms. The van der Waals surface area contributed by atoms with Crippen LogP contribution in [0.3, 0.4) is 0 Å². The number of fused-ring (bicyclic) bond motifs is 1. The lowest BCUT2D eigenvalue weighted by Gasteiger charge is -2.18. The minimum Gasteiger partial charge on any atom is -0.473 e. The van der Waals surface area contributed by atoms with E-state index in [1.807, 2.05) is 0 Å². The Labute approximate surface area is 205 Å². The van der Waals surface area contributed by atoms with E-state index in [-0.39, 0.29) is 16.9 Å². The summed E-state index contributed by atoms with van der Waals surface area (Å²) in [6, 6.07) is 13.8. The Morgan fingerprint density at radius 1 is 1.15 bits per heavy atom. The molecule has 0 fully saturated rings. The largest absolute Gasteiger partial charge is 0.473 e. The monoisotopic (exact) mass is 497 g/mol. The third-order valence-corrected chi connectivity index (χ3v) is 6.18. The van der Waals surface area contributed by atoms with Crippen LogP contribution >= 0.6 is 22.9 Å². The molecule has 34 heavy (non-hydrogen) atoms. The van der Waals surface area contributed by atoms with E-state index in [0.717, 1.165) is 11.4 Å². The van der Waals surface area contributed by atoms with E-state index in [9.17, 15) is 9.59 Å². The van der Waals surface area contributed by atoms with E-state index in [1.54, 1.807) is 55.5 Å². The van der Waals surface area contributed by atoms with Gasteiger partial charge in [-0.1, -0.05) is 55.8 Å². The van der Waals surface area contributed by atoms with Crippen molar-refractivity contribution in [3.63, 3.8) is 0 Å². The molecule has 0 saturated carbocycles. The van der Waals surface area contributed by atoms with Crippen LogP contribution in [0, 0.1) is 5.92 Å². The number of benzene rings is 2. The number of para-hydroxylation sites is 1. The number of anilines is 1. The number of carbonyl (C=O) groups is 1. The number of nitrogens with zero attached hydrogens (tertiary/aromatic N) is 2. The van der Waals surface area contributed by atoms with Crippen molar-refractivity contribution in [2.45, 2.75) is 39.7 Å². The highest BCUT2D eigenvalue weighted by Crippen LogP contribution is 2.32. The molecule has 0 bridgehead atoms. The molecule has 0 aliphatic heterocycles. The van der Waals surface area contributed by atoms with Gasteiger partial charge in [0.2, 0.25) is 16.3 Å². The van der Waals surface area contributed by atoms with Gasteiger partial charge in [-0.3, -0.25) is 14.9 Å². The second-order valence-corrected chi connectivity index (χ2v) is 9.69. The van der Waals surface area contributed by atoms with Crippen LogP contribution < -0.4 is 15.5 Å². The van der Waals surface area contributed by atoms with Crippen molar-refractivity contribution < 1.29 is 13.9 Å². The van der Waals surface area contributed by atoms with Gasteiger partial charge in [-0.15, -0.1) is 10.2 Å². The summed E-state index contributed by atoms with van der Waals surface area (Å²) in [6.45, 7) is 5.99. The Kier molecular flexibility index (Phi) is 7.29. The average Bonchev–Trinajstić information content (AvgIpc) is 3.24. The number of rotatable bonds is 8. The predicted octanol–water partition coefficient (Wildman–Crippen LogP) is 5.96. The number of carbonyl (C=O) groups excluding carboxylic acids is 1. The van der Waals surface area contributed by atoms with E-state index < -0.39 is 12.0 Å². The number of hydrogen-bond donors (Lipinski definition) is 1. The lowest BCUT2D eigenvalue weighted by Crippen LogP contribution is -2.34. The van der Waals surface area contributed by atoms with Crippen LogP contribution in [-0.4, -0.2) is 22.2 Å². The molecule has 0 radical (unpaired) electrons. The Morgan fingerprint density at radius 2 is 1.88 bits per heavy atom. The van der Waals surface area contributed by atoms with Crippen molar-refractivity contribution in [1.29, 1.82) is 0 Å². The van der Waals surface area contributed by atoms with Gasteiger partial charge >= 0.3 is 0 Å². The van der Waals surface area contributed by atoms with Crippen LogP contribution in [0.25, 0.3) is 22.3 Å². The summed E-state index contributed by atoms with van der Waals surface area (Å²) >= 11 is 7.36. The number of aromatic nitrogens is 2. The highest BCUT2D eigenvalue weighted by Gasteiger charge is 2.25. The van der Waals surface area contributed by atoms with Crippen LogP contribution in [0.4, 0.5) is 5.13 Å². The predicted molar refractivity (Wildman–Crippen MR) is 135 cm³/mol. The maximum absolute atomic E-state index is 13.4. The minimum absolute atomic E-state index is 0.0271. The van der Waals surface area contributed by atoms with Gasteiger partial charge < -0.3 is 9.15 Å². The number of hydrogen-bond acceptors (Lipinski definition) is 7. The Hall–Kier alpha value is -3.23. The van der Waals surface area contributed by atoms with Gasteiger partial charge in [0.05, 0.1) is 5.39 Å². The first kappa shape index (κ1) is 23.9. The first-order valence-electron chi connectivity index (χ1n) is 11.0. The third kappa shape index (κ3) is 5.29. The zero-order valence-electron chi connectivity index (χ0n) is 19.0. The summed E-state index contributed by atoms with van der Waals surface area (Å²) < 4.78 is 12.1. The molecule has 2 aromatic heterocycles. The third-order valence-electron chi connectivity index (χ3n) is 5.07. The first-order valence-corrected chi connectivity index (χ1v) is 12.2. The SMILES string of the molecule is CCC(Oc1c(-c2ccc(Cl)cc2)oc2ccccc2c1=O)C(=O)Nc1nnc(CC(C)C)s1. The van der Waals surface area contributed by atoms with Gasteiger partial charge in [0.15, 0.2) is 11.9 Å². The van der Waals surface area contributed by atoms with Crippen molar-refractivity contribution in [1.82, 2.24) is 10.2 Å². The Morgan fingerprint density at radius 3 is 2.59 bits per heavy atom. The number of halogens is 1. The van der Waals surface area contributed by atoms with Crippen LogP contribution in [-0.2, 0) is 11.2 Å². The first-order chi connectivity index (χ1) is 16.4. The highest BCUT2D eigenvalue weighted by atomic mass is 35.5. The molecule has 4 aromatic rings. The lowest BCUT2D eigenvalue weighted by molar-refractivity contribution is -0.122. The number of nitrogens with one attached hydrogen (secondary N) is 1. The summed E-state index contributed by atoms with van der Waals surface area (Å²) in [5.74, 6) is 0.230. The molecule has 7 nitrogen and oxygen atoms in total. The summed E-state index contributed by atoms with van der Waals surface area (Å²) in [7, 11) is 0. The molecule has 2 heterocycles. The molecule has 0 spiro atoms. The van der Waals surface area contributed by atoms with Gasteiger partial charge in [-0.2, -0.15) is 0 Å². The van der Waals surface area contributed by atoms with Crippen LogP contribution in [0.2, 0.25) is 5.02 Å². The molecule has 1 atom stereocenters. The van der Waals surface area contributed by atoms with Crippen LogP contribution in [0.15, 0.2) is 57.7 Å². The molecule has 1 unspecified atom stereocenters. The molecule has 0 aliphatic carbocycles. The maximum atomic E-state index is 13.4. The van der Waals surface area contributed by atoms with Crippen LogP contribution in [0.5, 0.6) is 5.75 Å². The smallest absolute Gasteiger partial charge is 0.267 e. The second kappa shape index (κ2) is 10.4. The van der Waals surface area contributed by atoms with Crippen molar-refractivity contribution >= 4 is 44.9 Å². The van der Waals surface area contributed by atoms with E-state index in [4.69, 9.17) is 20.8 Å². The van der Waals surface area contributed by atoms with Gasteiger partial charge in [0.1, 0.15) is 10.6 Å². The summed E-state index contributed by atoms with van der Waals surface area (Å²) in [6.07, 6.45) is 0.173. The van der Waals surface area contributed by atoms with Gasteiger partial charge in [0, 0.05) is 17.0 Å². The highest BCUT2D eigenvalue weighted by molar-refractivity contribution is 7.15. The normalized spacial score (nSPS) is 12.1. The van der Waals surface area contributed by atoms with Crippen LogP contribution in [0.1, 0.15) is 32.2 Å². The van der Waals surface area contributed by atoms with E-state index >= 15 is 0 Å². The quantitative estimate of drug-likeness (QED) is 0.323. The Balaban J connectivity index is 1.67. The molecule has 1 amide bonds. The fourth-order valence-corrected chi connectivity index (χ4v) is 4.49. The summed E-state index contributed by atoms with van der Waals surface area (Å²) in [5, 5.41) is 13.1. The number of amides is 1. The molecular weight excluding hydrogens is 474 g/mol. The van der Waals surface area contributed by atoms with E-state index in [1.165, 1.54) is 11.3 Å². The summed E-state index contributed by atoms with van der Waals surface area (Å²) in [4.78, 5) is 26.4. The average molecular weight is 498 g/mol. The standard InChI is InChI=1S/C25H24ClN3O4S/c1-4-18(24(31)27-25-29-28-20(34-25)13-14(2)3)32-23-21(30)17-7-5-6-8-19(17)33-22(23)15-9-11-16(26)12-10-15/h5-12,14,18H,4,13H2,1-3H3,(H,27,29,31). The van der Waals surface area contributed by atoms with E-state index in [0.29, 0.717) is 39.0 Å². The lowest BCUT2D eigenvalue weighted by atomic mass is 10.1. The molecule has 4 rings (SSSR count). The maximum Gasteiger partial charge on any atom is 0.267 e. The molecule has 0 saturated heterocycles. The summed E-state index contributed by atoms with van der Waals surface area (Å²) in [5.41, 5.74) is 0.682. The Bertz CT molecular complexity index is 1360. The minimum atomic E-state index is -0.937. The van der Waals surface area contributed by atoms with Gasteiger partial charge in [-0.05, 0) is 48.7 Å². The molecule has 2 aromatic carbocycles. The second-order valence-electron chi connectivity index (χ2n) is 8.20. The van der Waals surface area contributed by atoms with Gasteiger partial charge in [0.25, 0.3) is 5.91 Å². The van der Waals surface area contributed by atoms with Crippen molar-refractivity contribution in [3.05, 3.63) is 68.8 Å². The zero-order valence-corrected chi connectivity index (χ0v) is 20.6. The van der Waals surface area contributed by atoms with E-state index in [2.05, 4.69) is 29.4 Å².